The first-order chi connectivity index (χ1) is 19.0. The smallest absolute Gasteiger partial charge is 0.338 e. The Morgan fingerprint density at radius 3 is 2.54 bits per heavy atom. The van der Waals surface area contributed by atoms with E-state index in [9.17, 15) is 9.59 Å². The Hall–Kier alpha value is -3.95. The summed E-state index contributed by atoms with van der Waals surface area (Å²) in [4.78, 5) is 34.4. The number of esters is 1. The molecule has 2 aliphatic heterocycles. The maximum atomic E-state index is 13.8. The number of benzene rings is 2. The van der Waals surface area contributed by atoms with E-state index in [1.807, 2.05) is 42.5 Å². The first-order valence-corrected chi connectivity index (χ1v) is 13.8. The van der Waals surface area contributed by atoms with Gasteiger partial charge in [-0.2, -0.15) is 0 Å². The summed E-state index contributed by atoms with van der Waals surface area (Å²) in [5.41, 5.74) is 3.49. The molecule has 2 aliphatic rings. The fourth-order valence-electron chi connectivity index (χ4n) is 4.76. The number of anilines is 1. The van der Waals surface area contributed by atoms with Crippen molar-refractivity contribution in [1.29, 1.82) is 0 Å². The van der Waals surface area contributed by atoms with E-state index in [-0.39, 0.29) is 12.2 Å². The maximum Gasteiger partial charge on any atom is 0.338 e. The lowest BCUT2D eigenvalue weighted by atomic mass is 9.96. The fraction of sp³-hybridized carbons (Fsp3) is 0.300. The molecule has 8 nitrogen and oxygen atoms in total. The zero-order valence-electron chi connectivity index (χ0n) is 22.1. The molecule has 1 atom stereocenters. The third-order valence-electron chi connectivity index (χ3n) is 6.65. The van der Waals surface area contributed by atoms with Gasteiger partial charge >= 0.3 is 5.97 Å². The number of rotatable bonds is 8. The first kappa shape index (κ1) is 26.6. The van der Waals surface area contributed by atoms with Crippen molar-refractivity contribution in [3.8, 4) is 5.75 Å². The summed E-state index contributed by atoms with van der Waals surface area (Å²) in [5.74, 6) is 0.189. The van der Waals surface area contributed by atoms with E-state index in [0.717, 1.165) is 43.1 Å². The highest BCUT2D eigenvalue weighted by Crippen LogP contribution is 2.31. The van der Waals surface area contributed by atoms with E-state index < -0.39 is 12.0 Å². The van der Waals surface area contributed by atoms with Crippen molar-refractivity contribution in [2.24, 2.45) is 4.99 Å². The van der Waals surface area contributed by atoms with E-state index in [1.165, 1.54) is 11.3 Å². The summed E-state index contributed by atoms with van der Waals surface area (Å²) in [7, 11) is 0. The van der Waals surface area contributed by atoms with Crippen LogP contribution >= 0.6 is 11.3 Å². The average molecular weight is 546 g/mol. The number of thiazole rings is 1. The lowest BCUT2D eigenvalue weighted by Crippen LogP contribution is -2.39. The monoisotopic (exact) mass is 545 g/mol. The van der Waals surface area contributed by atoms with Gasteiger partial charge in [0.1, 0.15) is 12.4 Å². The lowest BCUT2D eigenvalue weighted by molar-refractivity contribution is -0.139. The number of carbonyl (C=O) groups excluding carboxylic acids is 1. The normalized spacial score (nSPS) is 17.4. The van der Waals surface area contributed by atoms with Crippen molar-refractivity contribution in [3.05, 3.63) is 103 Å². The summed E-state index contributed by atoms with van der Waals surface area (Å²) in [6, 6.07) is 14.9. The second kappa shape index (κ2) is 11.8. The molecule has 1 aromatic heterocycles. The van der Waals surface area contributed by atoms with Crippen LogP contribution in [0.2, 0.25) is 0 Å². The number of ether oxygens (including phenoxy) is 3. The minimum absolute atomic E-state index is 0.206. The summed E-state index contributed by atoms with van der Waals surface area (Å²) in [5, 5.41) is 0. The fourth-order valence-corrected chi connectivity index (χ4v) is 5.81. The largest absolute Gasteiger partial charge is 0.490 e. The molecule has 0 saturated carbocycles. The number of aromatic nitrogens is 1. The van der Waals surface area contributed by atoms with Crippen molar-refractivity contribution in [3.63, 3.8) is 0 Å². The van der Waals surface area contributed by atoms with Crippen molar-refractivity contribution < 1.29 is 19.0 Å². The average Bonchev–Trinajstić information content (AvgIpc) is 3.26. The molecule has 1 unspecified atom stereocenters. The number of hydrogen-bond acceptors (Lipinski definition) is 8. The Labute approximate surface area is 230 Å². The van der Waals surface area contributed by atoms with Crippen LogP contribution in [0.25, 0.3) is 6.08 Å². The molecule has 1 fully saturated rings. The molecule has 5 rings (SSSR count). The van der Waals surface area contributed by atoms with E-state index >= 15 is 0 Å². The van der Waals surface area contributed by atoms with Crippen molar-refractivity contribution in [1.82, 2.24) is 4.57 Å². The van der Waals surface area contributed by atoms with Gasteiger partial charge in [0.05, 0.1) is 41.7 Å². The standard InChI is InChI=1S/C30H31N3O5S/c1-4-16-38-24-12-8-22(9-13-24)27-26(29(35)37-5-2)20(3)31-30-33(27)28(34)25(39-30)19-21-6-10-23(11-7-21)32-14-17-36-18-15-32/h4,6-13,19,27H,1,5,14-18H2,2-3H3/b25-19-. The first-order valence-electron chi connectivity index (χ1n) is 13.0. The molecule has 2 aromatic carbocycles. The van der Waals surface area contributed by atoms with Crippen LogP contribution < -0.4 is 24.5 Å². The van der Waals surface area contributed by atoms with Gasteiger partial charge in [-0.05, 0) is 55.3 Å². The van der Waals surface area contributed by atoms with Gasteiger partial charge in [0, 0.05) is 18.8 Å². The Balaban J connectivity index is 1.55. The molecule has 202 valence electrons. The minimum atomic E-state index is -0.667. The molecule has 0 aliphatic carbocycles. The molecule has 0 amide bonds. The number of nitrogens with zero attached hydrogens (tertiary/aromatic N) is 3. The Morgan fingerprint density at radius 2 is 1.87 bits per heavy atom. The number of morpholine rings is 1. The van der Waals surface area contributed by atoms with Crippen LogP contribution in [0.1, 0.15) is 31.0 Å². The third-order valence-corrected chi connectivity index (χ3v) is 7.63. The molecule has 1 saturated heterocycles. The molecule has 0 bridgehead atoms. The highest BCUT2D eigenvalue weighted by atomic mass is 32.1. The molecule has 0 N–H and O–H groups in total. The molecule has 39 heavy (non-hydrogen) atoms. The van der Waals surface area contributed by atoms with E-state index in [4.69, 9.17) is 14.2 Å². The zero-order chi connectivity index (χ0) is 27.4. The van der Waals surface area contributed by atoms with Gasteiger partial charge in [-0.15, -0.1) is 0 Å². The lowest BCUT2D eigenvalue weighted by Gasteiger charge is -2.28. The minimum Gasteiger partial charge on any atom is -0.490 e. The topological polar surface area (TPSA) is 82.4 Å². The number of hydrogen-bond donors (Lipinski definition) is 0. The van der Waals surface area contributed by atoms with Gasteiger partial charge in [-0.1, -0.05) is 48.3 Å². The molecule has 0 radical (unpaired) electrons. The van der Waals surface area contributed by atoms with Crippen LogP contribution in [-0.4, -0.2) is 50.1 Å². The molecule has 3 heterocycles. The van der Waals surface area contributed by atoms with Gasteiger partial charge in [-0.25, -0.2) is 9.79 Å². The molecular formula is C30H31N3O5S. The summed E-state index contributed by atoms with van der Waals surface area (Å²) in [6.07, 6.45) is 3.55. The summed E-state index contributed by atoms with van der Waals surface area (Å²) < 4.78 is 18.6. The molecule has 9 heteroatoms. The van der Waals surface area contributed by atoms with Crippen LogP contribution in [-0.2, 0) is 14.3 Å². The van der Waals surface area contributed by atoms with Crippen molar-refractivity contribution in [2.75, 3.05) is 44.4 Å². The van der Waals surface area contributed by atoms with Crippen LogP contribution in [0.3, 0.4) is 0 Å². The van der Waals surface area contributed by atoms with Crippen molar-refractivity contribution in [2.45, 2.75) is 19.9 Å². The summed E-state index contributed by atoms with van der Waals surface area (Å²) >= 11 is 1.31. The van der Waals surface area contributed by atoms with Gasteiger partial charge in [0.25, 0.3) is 5.56 Å². The van der Waals surface area contributed by atoms with E-state index in [1.54, 1.807) is 24.5 Å². The van der Waals surface area contributed by atoms with Gasteiger partial charge in [0.15, 0.2) is 4.80 Å². The predicted octanol–water partition coefficient (Wildman–Crippen LogP) is 3.20. The number of carbonyl (C=O) groups is 1. The Kier molecular flexibility index (Phi) is 8.09. The second-order valence-corrected chi connectivity index (χ2v) is 10.2. The Bertz CT molecular complexity index is 1560. The SMILES string of the molecule is C=CCOc1ccc(C2C(C(=O)OCC)=C(C)N=c3s/c(=C\c4ccc(N5CCOCC5)cc4)c(=O)n32)cc1. The highest BCUT2D eigenvalue weighted by molar-refractivity contribution is 7.07. The second-order valence-electron chi connectivity index (χ2n) is 9.16. The van der Waals surface area contributed by atoms with Gasteiger partial charge < -0.3 is 19.1 Å². The number of allylic oxidation sites excluding steroid dienone is 1. The van der Waals surface area contributed by atoms with Crippen LogP contribution in [0.4, 0.5) is 5.69 Å². The summed E-state index contributed by atoms with van der Waals surface area (Å²) in [6.45, 7) is 11.0. The molecular weight excluding hydrogens is 514 g/mol. The maximum absolute atomic E-state index is 13.8. The molecule has 0 spiro atoms. The van der Waals surface area contributed by atoms with Gasteiger partial charge in [-0.3, -0.25) is 9.36 Å². The van der Waals surface area contributed by atoms with Crippen LogP contribution in [0, 0.1) is 0 Å². The van der Waals surface area contributed by atoms with Crippen molar-refractivity contribution >= 4 is 29.1 Å². The zero-order valence-corrected chi connectivity index (χ0v) is 22.9. The quantitative estimate of drug-likeness (QED) is 0.320. The van der Waals surface area contributed by atoms with Crippen LogP contribution in [0.15, 0.2) is 82.2 Å². The van der Waals surface area contributed by atoms with E-state index in [2.05, 4.69) is 28.6 Å². The predicted molar refractivity (Wildman–Crippen MR) is 152 cm³/mol. The van der Waals surface area contributed by atoms with Gasteiger partial charge in [0.2, 0.25) is 0 Å². The Morgan fingerprint density at radius 1 is 1.15 bits per heavy atom. The third kappa shape index (κ3) is 5.60. The number of fused-ring (bicyclic) bond motifs is 1. The van der Waals surface area contributed by atoms with Crippen LogP contribution in [0.5, 0.6) is 5.75 Å². The molecule has 3 aromatic rings. The van der Waals surface area contributed by atoms with E-state index in [0.29, 0.717) is 33.0 Å². The highest BCUT2D eigenvalue weighted by Gasteiger charge is 2.33.